The van der Waals surface area contributed by atoms with Crippen molar-refractivity contribution in [2.45, 2.75) is 6.54 Å². The van der Waals surface area contributed by atoms with Crippen molar-refractivity contribution in [1.29, 1.82) is 0 Å². The third-order valence-electron chi connectivity index (χ3n) is 4.18. The van der Waals surface area contributed by atoms with Gasteiger partial charge >= 0.3 is 0 Å². The molecule has 1 aliphatic heterocycles. The molecule has 0 bridgehead atoms. The quantitative estimate of drug-likeness (QED) is 0.639. The third kappa shape index (κ3) is 3.81. The van der Waals surface area contributed by atoms with Crippen LogP contribution in [0.15, 0.2) is 64.6 Å². The Kier molecular flexibility index (Phi) is 4.93. The maximum Gasteiger partial charge on any atom is 0.286 e. The molecular weight excluding hydrogens is 396 g/mol. The van der Waals surface area contributed by atoms with Crippen molar-refractivity contribution >= 4 is 63.0 Å². The molecule has 2 amide bonds. The van der Waals surface area contributed by atoms with Crippen LogP contribution in [0.4, 0.5) is 5.69 Å². The van der Waals surface area contributed by atoms with Crippen LogP contribution in [0.25, 0.3) is 17.0 Å². The highest BCUT2D eigenvalue weighted by atomic mass is 35.5. The lowest BCUT2D eigenvalue weighted by Crippen LogP contribution is -2.18. The first kappa shape index (κ1) is 18.3. The van der Waals surface area contributed by atoms with E-state index in [-0.39, 0.29) is 23.5 Å². The fourth-order valence-corrected chi connectivity index (χ4v) is 3.77. The molecule has 28 heavy (non-hydrogen) atoms. The summed E-state index contributed by atoms with van der Waals surface area (Å²) in [5, 5.41) is 4.63. The average molecular weight is 411 g/mol. The van der Waals surface area contributed by atoms with Gasteiger partial charge in [0.1, 0.15) is 6.54 Å². The number of carbonyl (C=O) groups is 2. The third-order valence-corrected chi connectivity index (χ3v) is 5.25. The number of anilines is 1. The van der Waals surface area contributed by atoms with Gasteiger partial charge in [0.2, 0.25) is 5.91 Å². The number of amides is 2. The molecule has 0 atom stereocenters. The van der Waals surface area contributed by atoms with E-state index < -0.39 is 0 Å². The van der Waals surface area contributed by atoms with Crippen molar-refractivity contribution in [1.82, 2.24) is 4.57 Å². The van der Waals surface area contributed by atoms with Gasteiger partial charge in [0.05, 0.1) is 4.91 Å². The van der Waals surface area contributed by atoms with Gasteiger partial charge in [-0.05, 0) is 48.2 Å². The van der Waals surface area contributed by atoms with Crippen LogP contribution in [-0.2, 0) is 16.1 Å². The van der Waals surface area contributed by atoms with E-state index in [9.17, 15) is 9.59 Å². The number of hydrogen-bond donors (Lipinski definition) is 2. The number of nitrogens with two attached hydrogens (primary N) is 1. The van der Waals surface area contributed by atoms with E-state index in [0.717, 1.165) is 28.2 Å². The van der Waals surface area contributed by atoms with Crippen molar-refractivity contribution in [3.63, 3.8) is 0 Å². The minimum atomic E-state index is -0.347. The molecular formula is C20H15ClN4O2S. The molecule has 2 heterocycles. The predicted octanol–water partition coefficient (Wildman–Crippen LogP) is 3.86. The number of aromatic nitrogens is 1. The Bertz CT molecular complexity index is 1150. The summed E-state index contributed by atoms with van der Waals surface area (Å²) in [5.74, 6) is -0.513. The minimum Gasteiger partial charge on any atom is -0.378 e. The zero-order chi connectivity index (χ0) is 19.7. The summed E-state index contributed by atoms with van der Waals surface area (Å²) in [4.78, 5) is 28.6. The van der Waals surface area contributed by atoms with Gasteiger partial charge in [-0.1, -0.05) is 29.8 Å². The highest BCUT2D eigenvalue weighted by Crippen LogP contribution is 2.30. The lowest BCUT2D eigenvalue weighted by molar-refractivity contribution is -0.116. The predicted molar refractivity (Wildman–Crippen MR) is 114 cm³/mol. The van der Waals surface area contributed by atoms with Crippen LogP contribution in [0.5, 0.6) is 0 Å². The Hall–Kier alpha value is -3.03. The van der Waals surface area contributed by atoms with E-state index in [4.69, 9.17) is 17.3 Å². The van der Waals surface area contributed by atoms with E-state index in [2.05, 4.69) is 10.3 Å². The summed E-state index contributed by atoms with van der Waals surface area (Å²) in [5.41, 5.74) is 8.02. The molecule has 0 radical (unpaired) electrons. The first-order valence-electron chi connectivity index (χ1n) is 8.41. The number of para-hydroxylation sites is 1. The second-order valence-electron chi connectivity index (χ2n) is 6.15. The molecule has 0 saturated carbocycles. The van der Waals surface area contributed by atoms with Crippen LogP contribution < -0.4 is 11.1 Å². The molecule has 1 aliphatic rings. The van der Waals surface area contributed by atoms with Crippen LogP contribution >= 0.6 is 23.4 Å². The highest BCUT2D eigenvalue weighted by molar-refractivity contribution is 8.18. The molecule has 2 aromatic carbocycles. The van der Waals surface area contributed by atoms with Crippen LogP contribution in [0.2, 0.25) is 5.02 Å². The zero-order valence-corrected chi connectivity index (χ0v) is 16.1. The van der Waals surface area contributed by atoms with Gasteiger partial charge in [-0.2, -0.15) is 4.99 Å². The Morgan fingerprint density at radius 3 is 2.68 bits per heavy atom. The molecule has 8 heteroatoms. The SMILES string of the molecule is NC1=NC(=O)C(=Cc2cn(CC(=O)Nc3ccc(Cl)cc3)c3ccccc23)S1. The van der Waals surface area contributed by atoms with Crippen molar-refractivity contribution in [2.24, 2.45) is 10.7 Å². The molecule has 0 spiro atoms. The number of halogens is 1. The molecule has 0 unspecified atom stereocenters. The molecule has 1 aromatic heterocycles. The molecule has 4 rings (SSSR count). The molecule has 3 N–H and O–H groups in total. The van der Waals surface area contributed by atoms with Gasteiger partial charge in [0.25, 0.3) is 5.91 Å². The number of rotatable bonds is 4. The van der Waals surface area contributed by atoms with Crippen LogP contribution in [0.1, 0.15) is 5.56 Å². The average Bonchev–Trinajstić information content (AvgIpc) is 3.17. The van der Waals surface area contributed by atoms with Crippen molar-refractivity contribution in [3.8, 4) is 0 Å². The highest BCUT2D eigenvalue weighted by Gasteiger charge is 2.20. The fourth-order valence-electron chi connectivity index (χ4n) is 2.98. The Morgan fingerprint density at radius 2 is 1.96 bits per heavy atom. The smallest absolute Gasteiger partial charge is 0.286 e. The largest absolute Gasteiger partial charge is 0.378 e. The first-order valence-corrected chi connectivity index (χ1v) is 9.60. The van der Waals surface area contributed by atoms with Crippen LogP contribution in [0, 0.1) is 0 Å². The van der Waals surface area contributed by atoms with Gasteiger partial charge in [-0.25, -0.2) is 0 Å². The summed E-state index contributed by atoms with van der Waals surface area (Å²) in [7, 11) is 0. The lowest BCUT2D eigenvalue weighted by atomic mass is 10.1. The molecule has 3 aromatic rings. The first-order chi connectivity index (χ1) is 13.5. The van der Waals surface area contributed by atoms with E-state index >= 15 is 0 Å². The monoisotopic (exact) mass is 410 g/mol. The second kappa shape index (κ2) is 7.53. The number of nitrogens with one attached hydrogen (secondary N) is 1. The Morgan fingerprint density at radius 1 is 1.21 bits per heavy atom. The van der Waals surface area contributed by atoms with E-state index in [1.54, 1.807) is 30.3 Å². The van der Waals surface area contributed by atoms with Gasteiger partial charge in [-0.3, -0.25) is 9.59 Å². The molecule has 0 saturated heterocycles. The second-order valence-corrected chi connectivity index (χ2v) is 7.65. The number of hydrogen-bond acceptors (Lipinski definition) is 4. The molecule has 0 fully saturated rings. The lowest BCUT2D eigenvalue weighted by Gasteiger charge is -2.07. The summed E-state index contributed by atoms with van der Waals surface area (Å²) in [6.45, 7) is 0.131. The standard InChI is InChI=1S/C20H15ClN4O2S/c21-13-5-7-14(8-6-13)23-18(26)11-25-10-12(15-3-1-2-4-16(15)25)9-17-19(27)24-20(22)28-17/h1-10H,11H2,(H,23,26)(H2,22,24,27). The van der Waals surface area contributed by atoms with Gasteiger partial charge in [0, 0.05) is 33.4 Å². The van der Waals surface area contributed by atoms with Gasteiger partial charge in [-0.15, -0.1) is 0 Å². The number of aliphatic imine (C=N–C) groups is 1. The number of fused-ring (bicyclic) bond motifs is 1. The zero-order valence-electron chi connectivity index (χ0n) is 14.6. The van der Waals surface area contributed by atoms with E-state index in [1.165, 1.54) is 0 Å². The molecule has 6 nitrogen and oxygen atoms in total. The number of thioether (sulfide) groups is 1. The topological polar surface area (TPSA) is 89.5 Å². The summed E-state index contributed by atoms with van der Waals surface area (Å²) >= 11 is 7.01. The number of benzene rings is 2. The maximum absolute atomic E-state index is 12.5. The summed E-state index contributed by atoms with van der Waals surface area (Å²) in [6.07, 6.45) is 3.60. The summed E-state index contributed by atoms with van der Waals surface area (Å²) < 4.78 is 1.85. The number of nitrogens with zero attached hydrogens (tertiary/aromatic N) is 2. The van der Waals surface area contributed by atoms with E-state index in [1.807, 2.05) is 35.0 Å². The van der Waals surface area contributed by atoms with Gasteiger partial charge in [0.15, 0.2) is 5.17 Å². The normalized spacial score (nSPS) is 15.2. The molecule has 140 valence electrons. The van der Waals surface area contributed by atoms with Crippen molar-refractivity contribution < 1.29 is 9.59 Å². The van der Waals surface area contributed by atoms with Crippen molar-refractivity contribution in [3.05, 3.63) is 70.2 Å². The number of carbonyl (C=O) groups excluding carboxylic acids is 2. The number of amidine groups is 1. The minimum absolute atomic E-state index is 0.131. The Labute approximate surface area is 170 Å². The van der Waals surface area contributed by atoms with Gasteiger partial charge < -0.3 is 15.6 Å². The van der Waals surface area contributed by atoms with Crippen LogP contribution in [0.3, 0.4) is 0 Å². The maximum atomic E-state index is 12.5. The molecule has 0 aliphatic carbocycles. The van der Waals surface area contributed by atoms with Crippen molar-refractivity contribution in [2.75, 3.05) is 5.32 Å². The van der Waals surface area contributed by atoms with E-state index in [0.29, 0.717) is 15.6 Å². The Balaban J connectivity index is 1.61. The van der Waals surface area contributed by atoms with Crippen LogP contribution in [-0.4, -0.2) is 21.5 Å². The fraction of sp³-hybridized carbons (Fsp3) is 0.0500. The summed E-state index contributed by atoms with van der Waals surface area (Å²) in [6, 6.07) is 14.6.